The predicted octanol–water partition coefficient (Wildman–Crippen LogP) is 4.90. The van der Waals surface area contributed by atoms with Crippen LogP contribution in [0.4, 0.5) is 11.4 Å². The number of nitro benzene ring substituents is 1. The van der Waals surface area contributed by atoms with Crippen LogP contribution in [-0.4, -0.2) is 21.9 Å². The standard InChI is InChI=1S/C23H16ClN3O5S/c1-2-13-3-6-15(7-4-13)26-22(29)17(21(28)25-23(26)33)12-16-8-10-20(32-16)14-5-9-18(24)19(11-14)27(30)31/h3-12H,2H2,1H3,(H,25,28,33). The Balaban J connectivity index is 1.66. The van der Waals surface area contributed by atoms with Gasteiger partial charge in [0.2, 0.25) is 0 Å². The van der Waals surface area contributed by atoms with E-state index < -0.39 is 16.7 Å². The maximum atomic E-state index is 13.1. The Hall–Kier alpha value is -3.82. The summed E-state index contributed by atoms with van der Waals surface area (Å²) in [5.41, 5.74) is 1.63. The Morgan fingerprint density at radius 3 is 2.55 bits per heavy atom. The van der Waals surface area contributed by atoms with Gasteiger partial charge in [0, 0.05) is 11.6 Å². The Kier molecular flexibility index (Phi) is 6.08. The third-order valence-corrected chi connectivity index (χ3v) is 5.65. The molecule has 1 aliphatic rings. The van der Waals surface area contributed by atoms with Crippen molar-refractivity contribution >= 4 is 58.2 Å². The molecule has 1 aliphatic heterocycles. The van der Waals surface area contributed by atoms with E-state index in [0.29, 0.717) is 17.0 Å². The first-order valence-electron chi connectivity index (χ1n) is 9.83. The number of nitro groups is 1. The fourth-order valence-electron chi connectivity index (χ4n) is 3.31. The first-order chi connectivity index (χ1) is 15.8. The summed E-state index contributed by atoms with van der Waals surface area (Å²) in [7, 11) is 0. The number of aryl methyl sites for hydroxylation is 1. The molecule has 0 saturated carbocycles. The van der Waals surface area contributed by atoms with Crippen molar-refractivity contribution in [3.8, 4) is 11.3 Å². The molecule has 1 saturated heterocycles. The number of halogens is 1. The van der Waals surface area contributed by atoms with Crippen LogP contribution in [-0.2, 0) is 16.0 Å². The Morgan fingerprint density at radius 2 is 1.88 bits per heavy atom. The lowest BCUT2D eigenvalue weighted by atomic mass is 10.1. The van der Waals surface area contributed by atoms with Crippen molar-refractivity contribution in [3.63, 3.8) is 0 Å². The topological polar surface area (TPSA) is 106 Å². The van der Waals surface area contributed by atoms with Gasteiger partial charge in [-0.1, -0.05) is 30.7 Å². The van der Waals surface area contributed by atoms with E-state index in [2.05, 4.69) is 5.32 Å². The minimum atomic E-state index is -0.647. The van der Waals surface area contributed by atoms with E-state index in [9.17, 15) is 19.7 Å². The minimum absolute atomic E-state index is 0.00477. The number of hydrogen-bond acceptors (Lipinski definition) is 6. The van der Waals surface area contributed by atoms with Crippen molar-refractivity contribution in [2.45, 2.75) is 13.3 Å². The first-order valence-corrected chi connectivity index (χ1v) is 10.6. The monoisotopic (exact) mass is 481 g/mol. The fourth-order valence-corrected chi connectivity index (χ4v) is 3.77. The molecule has 1 aromatic heterocycles. The van der Waals surface area contributed by atoms with Gasteiger partial charge >= 0.3 is 0 Å². The smallest absolute Gasteiger partial charge is 0.288 e. The lowest BCUT2D eigenvalue weighted by molar-refractivity contribution is -0.384. The molecular formula is C23H16ClN3O5S. The highest BCUT2D eigenvalue weighted by Crippen LogP contribution is 2.32. The summed E-state index contributed by atoms with van der Waals surface area (Å²) in [4.78, 5) is 37.4. The zero-order valence-corrected chi connectivity index (χ0v) is 18.8. The van der Waals surface area contributed by atoms with Crippen LogP contribution < -0.4 is 10.2 Å². The Labute approximate surface area is 198 Å². The highest BCUT2D eigenvalue weighted by Gasteiger charge is 2.34. The second kappa shape index (κ2) is 8.97. The summed E-state index contributed by atoms with van der Waals surface area (Å²) >= 11 is 11.1. The summed E-state index contributed by atoms with van der Waals surface area (Å²) in [6.07, 6.45) is 2.15. The quantitative estimate of drug-likeness (QED) is 0.183. The number of nitrogens with one attached hydrogen (secondary N) is 1. The normalized spacial score (nSPS) is 15.2. The number of amides is 2. The number of furan rings is 1. The second-order valence-electron chi connectivity index (χ2n) is 7.10. The number of carbonyl (C=O) groups excluding carboxylic acids is 2. The van der Waals surface area contributed by atoms with Crippen LogP contribution >= 0.6 is 23.8 Å². The summed E-state index contributed by atoms with van der Waals surface area (Å²) in [6.45, 7) is 2.02. The molecule has 0 bridgehead atoms. The van der Waals surface area contributed by atoms with E-state index in [1.807, 2.05) is 19.1 Å². The number of benzene rings is 2. The molecule has 2 heterocycles. The summed E-state index contributed by atoms with van der Waals surface area (Å²) < 4.78 is 5.72. The number of hydrogen-bond donors (Lipinski definition) is 1. The first kappa shape index (κ1) is 22.4. The predicted molar refractivity (Wildman–Crippen MR) is 128 cm³/mol. The third kappa shape index (κ3) is 4.41. The average Bonchev–Trinajstić information content (AvgIpc) is 3.26. The van der Waals surface area contributed by atoms with Gasteiger partial charge in [0.25, 0.3) is 17.5 Å². The fraction of sp³-hybridized carbons (Fsp3) is 0.0870. The molecule has 1 N–H and O–H groups in total. The van der Waals surface area contributed by atoms with Crippen LogP contribution in [0.2, 0.25) is 5.02 Å². The zero-order chi connectivity index (χ0) is 23.7. The maximum Gasteiger partial charge on any atom is 0.288 e. The molecular weight excluding hydrogens is 466 g/mol. The van der Waals surface area contributed by atoms with Crippen LogP contribution in [0.25, 0.3) is 17.4 Å². The number of rotatable bonds is 5. The minimum Gasteiger partial charge on any atom is -0.457 e. The molecule has 0 unspecified atom stereocenters. The van der Waals surface area contributed by atoms with Gasteiger partial charge < -0.3 is 4.42 Å². The van der Waals surface area contributed by atoms with Crippen molar-refractivity contribution in [1.29, 1.82) is 0 Å². The molecule has 3 aromatic rings. The highest BCUT2D eigenvalue weighted by molar-refractivity contribution is 7.80. The van der Waals surface area contributed by atoms with E-state index in [4.69, 9.17) is 28.2 Å². The van der Waals surface area contributed by atoms with Gasteiger partial charge in [-0.05, 0) is 66.7 Å². The SMILES string of the molecule is CCc1ccc(N2C(=O)C(=Cc3ccc(-c4ccc(Cl)c([N+](=O)[O-])c4)o3)C(=O)NC2=S)cc1. The van der Waals surface area contributed by atoms with Crippen molar-refractivity contribution in [1.82, 2.24) is 5.32 Å². The van der Waals surface area contributed by atoms with Crippen LogP contribution in [0.3, 0.4) is 0 Å². The Morgan fingerprint density at radius 1 is 1.15 bits per heavy atom. The second-order valence-corrected chi connectivity index (χ2v) is 7.90. The molecule has 8 nitrogen and oxygen atoms in total. The van der Waals surface area contributed by atoms with Gasteiger partial charge in [-0.2, -0.15) is 0 Å². The van der Waals surface area contributed by atoms with Gasteiger partial charge in [-0.3, -0.25) is 29.9 Å². The van der Waals surface area contributed by atoms with Crippen molar-refractivity contribution in [2.24, 2.45) is 0 Å². The van der Waals surface area contributed by atoms with E-state index in [1.165, 1.54) is 23.1 Å². The van der Waals surface area contributed by atoms with E-state index >= 15 is 0 Å². The van der Waals surface area contributed by atoms with E-state index in [1.54, 1.807) is 30.3 Å². The highest BCUT2D eigenvalue weighted by atomic mass is 35.5. The van der Waals surface area contributed by atoms with Gasteiger partial charge in [-0.25, -0.2) is 0 Å². The van der Waals surface area contributed by atoms with Crippen molar-refractivity contribution in [3.05, 3.63) is 86.6 Å². The molecule has 10 heteroatoms. The summed E-state index contributed by atoms with van der Waals surface area (Å²) in [5, 5.41) is 13.7. The number of carbonyl (C=O) groups is 2. The van der Waals surface area contributed by atoms with Gasteiger partial charge in [0.05, 0.1) is 10.6 Å². The average molecular weight is 482 g/mol. The molecule has 0 spiro atoms. The third-order valence-electron chi connectivity index (χ3n) is 5.05. The van der Waals surface area contributed by atoms with Crippen molar-refractivity contribution < 1.29 is 18.9 Å². The lowest BCUT2D eigenvalue weighted by Crippen LogP contribution is -2.54. The summed E-state index contributed by atoms with van der Waals surface area (Å²) in [6, 6.07) is 14.7. The molecule has 4 rings (SSSR count). The van der Waals surface area contributed by atoms with Crippen LogP contribution in [0.5, 0.6) is 0 Å². The molecule has 0 aliphatic carbocycles. The molecule has 2 amide bonds. The lowest BCUT2D eigenvalue weighted by Gasteiger charge is -2.28. The number of anilines is 1. The Bertz CT molecular complexity index is 1330. The van der Waals surface area contributed by atoms with Crippen LogP contribution in [0.15, 0.2) is 64.6 Å². The summed E-state index contributed by atoms with van der Waals surface area (Å²) in [5.74, 6) is -0.706. The van der Waals surface area contributed by atoms with Gasteiger partial charge in [-0.15, -0.1) is 0 Å². The number of nitrogens with zero attached hydrogens (tertiary/aromatic N) is 2. The maximum absolute atomic E-state index is 13.1. The van der Waals surface area contributed by atoms with Crippen LogP contribution in [0.1, 0.15) is 18.2 Å². The molecule has 2 aromatic carbocycles. The molecule has 33 heavy (non-hydrogen) atoms. The largest absolute Gasteiger partial charge is 0.457 e. The van der Waals surface area contributed by atoms with Crippen molar-refractivity contribution in [2.75, 3.05) is 4.90 Å². The molecule has 0 radical (unpaired) electrons. The number of thiocarbonyl (C=S) groups is 1. The van der Waals surface area contributed by atoms with Gasteiger partial charge in [0.15, 0.2) is 5.11 Å². The molecule has 166 valence electrons. The molecule has 1 fully saturated rings. The van der Waals surface area contributed by atoms with E-state index in [0.717, 1.165) is 12.0 Å². The van der Waals surface area contributed by atoms with Gasteiger partial charge in [0.1, 0.15) is 22.1 Å². The molecule has 0 atom stereocenters. The zero-order valence-electron chi connectivity index (χ0n) is 17.2. The van der Waals surface area contributed by atoms with E-state index in [-0.39, 0.29) is 27.2 Å². The van der Waals surface area contributed by atoms with Crippen LogP contribution in [0, 0.1) is 10.1 Å².